The molecule has 0 saturated heterocycles. The van der Waals surface area contributed by atoms with Crippen molar-refractivity contribution in [2.24, 2.45) is 0 Å². The molecule has 0 rings (SSSR count). The van der Waals surface area contributed by atoms with Gasteiger partial charge in [-0.3, -0.25) is 4.79 Å². The molecule has 16 heavy (non-hydrogen) atoms. The summed E-state index contributed by atoms with van der Waals surface area (Å²) >= 11 is 0. The average molecular weight is 229 g/mol. The second-order valence-electron chi connectivity index (χ2n) is 4.33. The van der Waals surface area contributed by atoms with Gasteiger partial charge in [-0.15, -0.1) is 0 Å². The van der Waals surface area contributed by atoms with E-state index >= 15 is 0 Å². The molecular formula is C13H27NO2. The monoisotopic (exact) mass is 229 g/mol. The lowest BCUT2D eigenvalue weighted by atomic mass is 10.2. The van der Waals surface area contributed by atoms with Gasteiger partial charge in [0.15, 0.2) is 0 Å². The molecule has 0 bridgehead atoms. The Morgan fingerprint density at radius 3 is 2.38 bits per heavy atom. The third kappa shape index (κ3) is 9.97. The predicted molar refractivity (Wildman–Crippen MR) is 67.5 cm³/mol. The number of carbonyl (C=O) groups excluding carboxylic acids is 1. The van der Waals surface area contributed by atoms with Crippen molar-refractivity contribution in [2.45, 2.75) is 52.4 Å². The summed E-state index contributed by atoms with van der Waals surface area (Å²) in [5.74, 6) is -0.0591. The zero-order chi connectivity index (χ0) is 12.2. The maximum atomic E-state index is 11.1. The van der Waals surface area contributed by atoms with Crippen LogP contribution in [0.3, 0.4) is 0 Å². The quantitative estimate of drug-likeness (QED) is 0.426. The van der Waals surface area contributed by atoms with Crippen molar-refractivity contribution in [1.82, 2.24) is 4.90 Å². The first-order valence-corrected chi connectivity index (χ1v) is 6.54. The topological polar surface area (TPSA) is 29.5 Å². The number of hydrogen-bond acceptors (Lipinski definition) is 3. The molecule has 0 atom stereocenters. The molecule has 0 aromatic rings. The largest absolute Gasteiger partial charge is 0.466 e. The Kier molecular flexibility index (Phi) is 10.5. The average Bonchev–Trinajstić information content (AvgIpc) is 2.25. The lowest BCUT2D eigenvalue weighted by molar-refractivity contribution is -0.143. The third-order valence-electron chi connectivity index (χ3n) is 2.54. The van der Waals surface area contributed by atoms with Crippen LogP contribution in [0.15, 0.2) is 0 Å². The van der Waals surface area contributed by atoms with E-state index in [-0.39, 0.29) is 5.97 Å². The normalized spacial score (nSPS) is 10.8. The molecule has 0 aromatic carbocycles. The van der Waals surface area contributed by atoms with Crippen LogP contribution < -0.4 is 0 Å². The van der Waals surface area contributed by atoms with Crippen molar-refractivity contribution in [2.75, 3.05) is 26.7 Å². The molecular weight excluding hydrogens is 202 g/mol. The van der Waals surface area contributed by atoms with Crippen molar-refractivity contribution in [3.63, 3.8) is 0 Å². The van der Waals surface area contributed by atoms with Gasteiger partial charge in [-0.2, -0.15) is 0 Å². The molecule has 0 spiro atoms. The highest BCUT2D eigenvalue weighted by Gasteiger charge is 2.01. The molecule has 0 aliphatic heterocycles. The van der Waals surface area contributed by atoms with Crippen LogP contribution in [0, 0.1) is 0 Å². The molecule has 0 radical (unpaired) electrons. The first-order chi connectivity index (χ1) is 7.70. The van der Waals surface area contributed by atoms with Gasteiger partial charge in [-0.05, 0) is 32.9 Å². The van der Waals surface area contributed by atoms with E-state index in [0.29, 0.717) is 13.0 Å². The van der Waals surface area contributed by atoms with Crippen LogP contribution in [0.5, 0.6) is 0 Å². The fraction of sp³-hybridized carbons (Fsp3) is 0.923. The Morgan fingerprint density at radius 1 is 1.06 bits per heavy atom. The fourth-order valence-electron chi connectivity index (χ4n) is 1.54. The highest BCUT2D eigenvalue weighted by molar-refractivity contribution is 5.69. The Bertz CT molecular complexity index is 171. The summed E-state index contributed by atoms with van der Waals surface area (Å²) in [6.07, 6.45) is 6.20. The van der Waals surface area contributed by atoms with E-state index in [4.69, 9.17) is 4.74 Å². The number of ether oxygens (including phenoxy) is 1. The molecule has 0 amide bonds. The zero-order valence-electron chi connectivity index (χ0n) is 11.1. The number of esters is 1. The van der Waals surface area contributed by atoms with E-state index in [9.17, 15) is 4.79 Å². The summed E-state index contributed by atoms with van der Waals surface area (Å²) in [5.41, 5.74) is 0. The lowest BCUT2D eigenvalue weighted by Crippen LogP contribution is -2.22. The molecule has 3 heteroatoms. The highest BCUT2D eigenvalue weighted by atomic mass is 16.5. The number of carbonyl (C=O) groups is 1. The van der Waals surface area contributed by atoms with Crippen LogP contribution in [0.4, 0.5) is 0 Å². The van der Waals surface area contributed by atoms with Gasteiger partial charge in [0.25, 0.3) is 0 Å². The van der Waals surface area contributed by atoms with Gasteiger partial charge in [-0.25, -0.2) is 0 Å². The lowest BCUT2D eigenvalue weighted by Gasteiger charge is -2.15. The third-order valence-corrected chi connectivity index (χ3v) is 2.54. The van der Waals surface area contributed by atoms with Gasteiger partial charge in [0.2, 0.25) is 0 Å². The Hall–Kier alpha value is -0.570. The van der Waals surface area contributed by atoms with Crippen molar-refractivity contribution in [1.29, 1.82) is 0 Å². The Balaban J connectivity index is 3.26. The van der Waals surface area contributed by atoms with E-state index in [1.54, 1.807) is 0 Å². The minimum Gasteiger partial charge on any atom is -0.466 e. The van der Waals surface area contributed by atoms with Gasteiger partial charge in [0, 0.05) is 13.0 Å². The minimum atomic E-state index is -0.0591. The van der Waals surface area contributed by atoms with Gasteiger partial charge in [-0.1, -0.05) is 26.7 Å². The van der Waals surface area contributed by atoms with Crippen LogP contribution >= 0.6 is 0 Å². The van der Waals surface area contributed by atoms with Crippen LogP contribution in [-0.2, 0) is 9.53 Å². The number of hydrogen-bond donors (Lipinski definition) is 0. The van der Waals surface area contributed by atoms with E-state index < -0.39 is 0 Å². The molecule has 0 aromatic heterocycles. The molecule has 3 nitrogen and oxygen atoms in total. The van der Waals surface area contributed by atoms with Gasteiger partial charge in [0.1, 0.15) is 0 Å². The van der Waals surface area contributed by atoms with Crippen LogP contribution in [0.25, 0.3) is 0 Å². The summed E-state index contributed by atoms with van der Waals surface area (Å²) in [6, 6.07) is 0. The maximum absolute atomic E-state index is 11.1. The Labute approximate surface area is 100 Å². The van der Waals surface area contributed by atoms with Crippen molar-refractivity contribution < 1.29 is 9.53 Å². The summed E-state index contributed by atoms with van der Waals surface area (Å²) in [6.45, 7) is 6.94. The number of unbranched alkanes of at least 4 members (excludes halogenated alkanes) is 2. The second-order valence-corrected chi connectivity index (χ2v) is 4.33. The molecule has 0 saturated carbocycles. The standard InChI is InChI=1S/C13H27NO2/c1-4-6-7-10-14(3)11-8-12-16-13(15)9-5-2/h4-12H2,1-3H3. The summed E-state index contributed by atoms with van der Waals surface area (Å²) in [4.78, 5) is 13.4. The first-order valence-electron chi connectivity index (χ1n) is 6.54. The maximum Gasteiger partial charge on any atom is 0.305 e. The predicted octanol–water partition coefficient (Wildman–Crippen LogP) is 2.84. The molecule has 0 heterocycles. The SMILES string of the molecule is CCCCCN(C)CCCOC(=O)CCC. The minimum absolute atomic E-state index is 0.0591. The fourth-order valence-corrected chi connectivity index (χ4v) is 1.54. The van der Waals surface area contributed by atoms with Gasteiger partial charge < -0.3 is 9.64 Å². The van der Waals surface area contributed by atoms with Crippen LogP contribution in [-0.4, -0.2) is 37.6 Å². The van der Waals surface area contributed by atoms with Crippen LogP contribution in [0.1, 0.15) is 52.4 Å². The van der Waals surface area contributed by atoms with E-state index in [1.165, 1.54) is 19.3 Å². The van der Waals surface area contributed by atoms with Crippen molar-refractivity contribution >= 4 is 5.97 Å². The molecule has 0 unspecified atom stereocenters. The van der Waals surface area contributed by atoms with Crippen LogP contribution in [0.2, 0.25) is 0 Å². The highest BCUT2D eigenvalue weighted by Crippen LogP contribution is 1.98. The van der Waals surface area contributed by atoms with E-state index in [1.807, 2.05) is 6.92 Å². The summed E-state index contributed by atoms with van der Waals surface area (Å²) in [5, 5.41) is 0. The molecule has 0 aliphatic carbocycles. The van der Waals surface area contributed by atoms with E-state index in [0.717, 1.165) is 25.9 Å². The smallest absolute Gasteiger partial charge is 0.305 e. The zero-order valence-corrected chi connectivity index (χ0v) is 11.1. The van der Waals surface area contributed by atoms with Crippen molar-refractivity contribution in [3.05, 3.63) is 0 Å². The molecule has 96 valence electrons. The first kappa shape index (κ1) is 15.4. The van der Waals surface area contributed by atoms with Gasteiger partial charge in [0.05, 0.1) is 6.61 Å². The van der Waals surface area contributed by atoms with E-state index in [2.05, 4.69) is 18.9 Å². The molecule has 0 fully saturated rings. The number of nitrogens with zero attached hydrogens (tertiary/aromatic N) is 1. The van der Waals surface area contributed by atoms with Crippen molar-refractivity contribution in [3.8, 4) is 0 Å². The second kappa shape index (κ2) is 10.9. The summed E-state index contributed by atoms with van der Waals surface area (Å²) in [7, 11) is 2.13. The van der Waals surface area contributed by atoms with Gasteiger partial charge >= 0.3 is 5.97 Å². The summed E-state index contributed by atoms with van der Waals surface area (Å²) < 4.78 is 5.09. The number of rotatable bonds is 10. The molecule has 0 aliphatic rings. The Morgan fingerprint density at radius 2 is 1.75 bits per heavy atom. The molecule has 0 N–H and O–H groups in total.